The number of nitrogens with zero attached hydrogens (tertiary/aromatic N) is 1. The summed E-state index contributed by atoms with van der Waals surface area (Å²) in [6.45, 7) is 0.971. The first-order chi connectivity index (χ1) is 7.57. The molecule has 16 heavy (non-hydrogen) atoms. The second-order valence-corrected chi connectivity index (χ2v) is 5.84. The van der Waals surface area contributed by atoms with Crippen LogP contribution in [0.25, 0.3) is 0 Å². The van der Waals surface area contributed by atoms with Crippen LogP contribution in [0.2, 0.25) is 0 Å². The van der Waals surface area contributed by atoms with E-state index < -0.39 is 9.84 Å². The highest BCUT2D eigenvalue weighted by atomic mass is 32.2. The van der Waals surface area contributed by atoms with Crippen LogP contribution in [0.15, 0.2) is 4.99 Å². The predicted molar refractivity (Wildman–Crippen MR) is 61.7 cm³/mol. The van der Waals surface area contributed by atoms with Gasteiger partial charge in [0.05, 0.1) is 24.7 Å². The molecule has 0 aromatic heterocycles. The largest absolute Gasteiger partial charge is 0.383 e. The fraction of sp³-hybridized carbons (Fsp3) is 0.875. The lowest BCUT2D eigenvalue weighted by Crippen LogP contribution is -2.47. The van der Waals surface area contributed by atoms with E-state index in [0.717, 1.165) is 0 Å². The summed E-state index contributed by atoms with van der Waals surface area (Å²) in [7, 11) is -1.30. The van der Waals surface area contributed by atoms with E-state index in [1.165, 1.54) is 0 Å². The van der Waals surface area contributed by atoms with E-state index in [1.807, 2.05) is 0 Å². The summed E-state index contributed by atoms with van der Waals surface area (Å²) in [5, 5.41) is 2.96. The molecule has 0 aromatic rings. The Labute approximate surface area is 95.3 Å². The zero-order valence-electron chi connectivity index (χ0n) is 9.27. The van der Waals surface area contributed by atoms with Crippen molar-refractivity contribution in [1.29, 1.82) is 0 Å². The van der Waals surface area contributed by atoms with Crippen molar-refractivity contribution >= 4 is 15.8 Å². The number of nitrogens with one attached hydrogen (secondary N) is 2. The molecule has 0 aromatic carbocycles. The molecule has 7 nitrogen and oxygen atoms in total. The van der Waals surface area contributed by atoms with Gasteiger partial charge in [-0.15, -0.1) is 0 Å². The van der Waals surface area contributed by atoms with E-state index in [2.05, 4.69) is 15.7 Å². The van der Waals surface area contributed by atoms with Crippen LogP contribution < -0.4 is 16.6 Å². The maximum Gasteiger partial charge on any atom is 0.206 e. The van der Waals surface area contributed by atoms with Gasteiger partial charge in [0, 0.05) is 13.2 Å². The van der Waals surface area contributed by atoms with E-state index in [-0.39, 0.29) is 17.5 Å². The van der Waals surface area contributed by atoms with E-state index in [0.29, 0.717) is 25.5 Å². The standard InChI is InChI=1S/C8H18N4O3S/c1-15-4-3-10-8(12-9)11-7-2-5-16(13,14)6-7/h7H,2-6,9H2,1H3,(H2,10,11,12). The molecule has 0 spiro atoms. The van der Waals surface area contributed by atoms with Crippen molar-refractivity contribution in [2.45, 2.75) is 12.5 Å². The molecule has 0 saturated carbocycles. The number of ether oxygens (including phenoxy) is 1. The number of hydrogen-bond donors (Lipinski definition) is 3. The second-order valence-electron chi connectivity index (χ2n) is 3.61. The van der Waals surface area contributed by atoms with Crippen LogP contribution in [-0.4, -0.2) is 52.2 Å². The Morgan fingerprint density at radius 3 is 2.88 bits per heavy atom. The number of hydrogen-bond acceptors (Lipinski definition) is 5. The number of nitrogens with two attached hydrogens (primary N) is 1. The monoisotopic (exact) mass is 250 g/mol. The van der Waals surface area contributed by atoms with Gasteiger partial charge in [-0.05, 0) is 6.42 Å². The summed E-state index contributed by atoms with van der Waals surface area (Å²) in [5.41, 5.74) is 2.40. The first-order valence-corrected chi connectivity index (χ1v) is 6.86. The molecule has 1 aliphatic rings. The fourth-order valence-corrected chi connectivity index (χ4v) is 3.16. The first kappa shape index (κ1) is 13.2. The van der Waals surface area contributed by atoms with Crippen LogP contribution in [0, 0.1) is 0 Å². The molecule has 94 valence electrons. The average Bonchev–Trinajstić information content (AvgIpc) is 2.57. The molecule has 8 heteroatoms. The van der Waals surface area contributed by atoms with Crippen molar-refractivity contribution in [2.24, 2.45) is 10.8 Å². The molecule has 0 amide bonds. The molecule has 1 aliphatic heterocycles. The topological polar surface area (TPSA) is 106 Å². The zero-order chi connectivity index (χ0) is 12.0. The quantitative estimate of drug-likeness (QED) is 0.179. The average molecular weight is 250 g/mol. The van der Waals surface area contributed by atoms with Crippen LogP contribution in [0.1, 0.15) is 6.42 Å². The molecule has 1 rings (SSSR count). The Bertz CT molecular complexity index is 341. The number of sulfone groups is 1. The van der Waals surface area contributed by atoms with E-state index in [9.17, 15) is 8.42 Å². The smallest absolute Gasteiger partial charge is 0.206 e. The molecule has 1 heterocycles. The molecule has 0 radical (unpaired) electrons. The third-order valence-electron chi connectivity index (χ3n) is 2.28. The van der Waals surface area contributed by atoms with Gasteiger partial charge in [-0.2, -0.15) is 0 Å². The Kier molecular flexibility index (Phi) is 4.97. The third-order valence-corrected chi connectivity index (χ3v) is 4.04. The van der Waals surface area contributed by atoms with Gasteiger partial charge >= 0.3 is 0 Å². The summed E-state index contributed by atoms with van der Waals surface area (Å²) in [4.78, 5) is 4.09. The minimum atomic E-state index is -2.89. The molecule has 0 aliphatic carbocycles. The first-order valence-electron chi connectivity index (χ1n) is 5.04. The van der Waals surface area contributed by atoms with Crippen LogP contribution in [0.5, 0.6) is 0 Å². The Hall–Kier alpha value is -0.860. The lowest BCUT2D eigenvalue weighted by atomic mass is 10.3. The molecular formula is C8H18N4O3S. The van der Waals surface area contributed by atoms with Crippen LogP contribution in [-0.2, 0) is 14.6 Å². The highest BCUT2D eigenvalue weighted by Crippen LogP contribution is 2.10. The maximum atomic E-state index is 11.2. The van der Waals surface area contributed by atoms with Gasteiger partial charge in [-0.1, -0.05) is 0 Å². The summed E-state index contributed by atoms with van der Waals surface area (Å²) in [6, 6.07) is -0.109. The third kappa shape index (κ3) is 4.33. The number of aliphatic imine (C=N–C) groups is 1. The van der Waals surface area contributed by atoms with Crippen molar-refractivity contribution < 1.29 is 13.2 Å². The van der Waals surface area contributed by atoms with Crippen molar-refractivity contribution in [3.63, 3.8) is 0 Å². The Morgan fingerprint density at radius 2 is 2.38 bits per heavy atom. The van der Waals surface area contributed by atoms with E-state index in [1.54, 1.807) is 7.11 Å². The molecule has 1 saturated heterocycles. The Balaban J connectivity index is 2.42. The minimum Gasteiger partial charge on any atom is -0.383 e. The maximum absolute atomic E-state index is 11.2. The van der Waals surface area contributed by atoms with Gasteiger partial charge in [-0.3, -0.25) is 5.43 Å². The lowest BCUT2D eigenvalue weighted by Gasteiger charge is -2.13. The van der Waals surface area contributed by atoms with Gasteiger partial charge in [0.15, 0.2) is 9.84 Å². The predicted octanol–water partition coefficient (Wildman–Crippen LogP) is -1.77. The molecule has 1 fully saturated rings. The number of rotatable bonds is 4. The summed E-state index contributed by atoms with van der Waals surface area (Å²) >= 11 is 0. The van der Waals surface area contributed by atoms with Crippen molar-refractivity contribution in [1.82, 2.24) is 10.7 Å². The SMILES string of the molecule is COCCN=C(NN)NC1CCS(=O)(=O)C1. The van der Waals surface area contributed by atoms with Crippen molar-refractivity contribution in [3.8, 4) is 0 Å². The van der Waals surface area contributed by atoms with Gasteiger partial charge in [0.25, 0.3) is 0 Å². The normalized spacial score (nSPS) is 24.4. The van der Waals surface area contributed by atoms with Gasteiger partial charge in [0.2, 0.25) is 5.96 Å². The lowest BCUT2D eigenvalue weighted by molar-refractivity contribution is 0.208. The molecule has 0 bridgehead atoms. The van der Waals surface area contributed by atoms with E-state index >= 15 is 0 Å². The molecule has 4 N–H and O–H groups in total. The number of guanidine groups is 1. The van der Waals surface area contributed by atoms with Crippen LogP contribution in [0.3, 0.4) is 0 Å². The number of hydrazine groups is 1. The fourth-order valence-electron chi connectivity index (χ4n) is 1.48. The Morgan fingerprint density at radius 1 is 1.62 bits per heavy atom. The van der Waals surface area contributed by atoms with Crippen molar-refractivity contribution in [2.75, 3.05) is 31.8 Å². The van der Waals surface area contributed by atoms with Crippen molar-refractivity contribution in [3.05, 3.63) is 0 Å². The highest BCUT2D eigenvalue weighted by Gasteiger charge is 2.28. The molecule has 1 unspecified atom stereocenters. The van der Waals surface area contributed by atoms with Crippen LogP contribution >= 0.6 is 0 Å². The molecular weight excluding hydrogens is 232 g/mol. The minimum absolute atomic E-state index is 0.109. The zero-order valence-corrected chi connectivity index (χ0v) is 10.1. The van der Waals surface area contributed by atoms with Gasteiger partial charge < -0.3 is 10.1 Å². The summed E-state index contributed by atoms with van der Waals surface area (Å²) in [5.74, 6) is 6.03. The van der Waals surface area contributed by atoms with Gasteiger partial charge in [-0.25, -0.2) is 19.3 Å². The van der Waals surface area contributed by atoms with Crippen LogP contribution in [0.4, 0.5) is 0 Å². The second kappa shape index (κ2) is 6.02. The van der Waals surface area contributed by atoms with Gasteiger partial charge in [0.1, 0.15) is 0 Å². The number of methoxy groups -OCH3 is 1. The highest BCUT2D eigenvalue weighted by molar-refractivity contribution is 7.91. The summed E-state index contributed by atoms with van der Waals surface area (Å²) in [6.07, 6.45) is 0.591. The van der Waals surface area contributed by atoms with E-state index in [4.69, 9.17) is 10.6 Å². The molecule has 1 atom stereocenters. The summed E-state index contributed by atoms with van der Waals surface area (Å²) < 4.78 is 27.3.